The van der Waals surface area contributed by atoms with Gasteiger partial charge in [0.2, 0.25) is 0 Å². The molecule has 3 heteroatoms. The molecule has 0 aromatic heterocycles. The molecular weight excluding hydrogens is 91.0 g/mol. The summed E-state index contributed by atoms with van der Waals surface area (Å²) in [6, 6.07) is 0. The molecule has 0 bridgehead atoms. The number of rotatable bonds is 0. The summed E-state index contributed by atoms with van der Waals surface area (Å²) >= 11 is 0. The topological polar surface area (TPSA) is 40.5 Å². The van der Waals surface area contributed by atoms with Crippen LogP contribution in [0, 0.1) is 0 Å². The van der Waals surface area contributed by atoms with E-state index in [0.29, 0.717) is 0 Å². The fourth-order valence-electron chi connectivity index (χ4n) is 0. The van der Waals surface area contributed by atoms with Crippen LogP contribution in [0.3, 0.4) is 0 Å². The van der Waals surface area contributed by atoms with Gasteiger partial charge in [-0.15, -0.1) is 0 Å². The molecule has 0 aliphatic heterocycles. The van der Waals surface area contributed by atoms with Crippen molar-refractivity contribution >= 4 is 29.6 Å². The summed E-state index contributed by atoms with van der Waals surface area (Å²) < 4.78 is 0. The van der Waals surface area contributed by atoms with Crippen LogP contribution in [-0.4, -0.2) is 45.6 Å². The van der Waals surface area contributed by atoms with Gasteiger partial charge in [-0.3, -0.25) is 0 Å². The molecule has 0 spiro atoms. The zero-order valence-electron chi connectivity index (χ0n) is 3.39. The molecule has 0 aliphatic rings. The number of aliphatic hydroxyl groups is 2. The molecule has 0 saturated carbocycles. The average Bonchev–Trinajstić information content (AvgIpc) is 0.722. The molecule has 0 unspecified atom stereocenters. The van der Waals surface area contributed by atoms with Crippen LogP contribution >= 0.6 is 0 Å². The summed E-state index contributed by atoms with van der Waals surface area (Å²) in [5.74, 6) is -1.50. The van der Waals surface area contributed by atoms with Gasteiger partial charge < -0.3 is 10.2 Å². The third-order valence-corrected chi connectivity index (χ3v) is 0. The van der Waals surface area contributed by atoms with Gasteiger partial charge in [0, 0.05) is 0 Å². The van der Waals surface area contributed by atoms with Crippen LogP contribution in [0.15, 0.2) is 0 Å². The predicted molar refractivity (Wildman–Crippen MR) is 25.7 cm³/mol. The Morgan fingerprint density at radius 2 is 1.17 bits per heavy atom. The van der Waals surface area contributed by atoms with Gasteiger partial charge in [0.05, 0.1) is 0 Å². The summed E-state index contributed by atoms with van der Waals surface area (Å²) in [6.45, 7) is 2.60. The SMILES string of the molecule is CC(C)(O)O.[NaH]. The first-order valence-electron chi connectivity index (χ1n) is 1.45. The molecule has 6 heavy (non-hydrogen) atoms. The van der Waals surface area contributed by atoms with E-state index in [1.807, 2.05) is 0 Å². The van der Waals surface area contributed by atoms with Gasteiger partial charge in [0.1, 0.15) is 0 Å². The van der Waals surface area contributed by atoms with Crippen molar-refractivity contribution in [2.75, 3.05) is 0 Å². The van der Waals surface area contributed by atoms with Crippen molar-refractivity contribution in [2.45, 2.75) is 19.6 Å². The maximum absolute atomic E-state index is 8.08. The molecule has 0 aromatic carbocycles. The molecule has 0 heterocycles. The Kier molecular flexibility index (Phi) is 5.00. The molecule has 0 saturated heterocycles. The Morgan fingerprint density at radius 3 is 1.17 bits per heavy atom. The maximum atomic E-state index is 8.08. The first-order valence-corrected chi connectivity index (χ1v) is 1.45. The van der Waals surface area contributed by atoms with Crippen LogP contribution < -0.4 is 0 Å². The third-order valence-electron chi connectivity index (χ3n) is 0. The fourth-order valence-corrected chi connectivity index (χ4v) is 0. The van der Waals surface area contributed by atoms with Crippen LogP contribution in [0.1, 0.15) is 13.8 Å². The number of hydrogen-bond donors (Lipinski definition) is 2. The second-order valence-electron chi connectivity index (χ2n) is 1.49. The first-order chi connectivity index (χ1) is 2.00. The van der Waals surface area contributed by atoms with Crippen LogP contribution in [-0.2, 0) is 0 Å². The standard InChI is InChI=1S/C3H8O2.Na.H/c1-3(2,4)5;;/h4-5H,1-2H3;;. The molecule has 0 amide bonds. The molecule has 0 radical (unpaired) electrons. The van der Waals surface area contributed by atoms with Crippen molar-refractivity contribution in [3.63, 3.8) is 0 Å². The number of hydrogen-bond acceptors (Lipinski definition) is 2. The summed E-state index contributed by atoms with van der Waals surface area (Å²) in [5.41, 5.74) is 0. The van der Waals surface area contributed by atoms with Crippen LogP contribution in [0.4, 0.5) is 0 Å². The van der Waals surface area contributed by atoms with Crippen molar-refractivity contribution in [3.8, 4) is 0 Å². The van der Waals surface area contributed by atoms with Crippen LogP contribution in [0.5, 0.6) is 0 Å². The fraction of sp³-hybridized carbons (Fsp3) is 1.00. The first kappa shape index (κ1) is 10.0. The monoisotopic (exact) mass is 100 g/mol. The van der Waals surface area contributed by atoms with E-state index in [1.165, 1.54) is 13.8 Å². The Bertz CT molecular complexity index is 24.3. The summed E-state index contributed by atoms with van der Waals surface area (Å²) in [5, 5.41) is 16.2. The van der Waals surface area contributed by atoms with Gasteiger partial charge in [0.15, 0.2) is 5.79 Å². The Balaban J connectivity index is 0. The van der Waals surface area contributed by atoms with Gasteiger partial charge in [0.25, 0.3) is 0 Å². The minimum absolute atomic E-state index is 0. The van der Waals surface area contributed by atoms with Gasteiger partial charge in [-0.2, -0.15) is 0 Å². The molecule has 34 valence electrons. The van der Waals surface area contributed by atoms with Crippen molar-refractivity contribution in [3.05, 3.63) is 0 Å². The van der Waals surface area contributed by atoms with Gasteiger partial charge in [-0.1, -0.05) is 0 Å². The summed E-state index contributed by atoms with van der Waals surface area (Å²) in [6.07, 6.45) is 0. The zero-order valence-corrected chi connectivity index (χ0v) is 3.39. The van der Waals surface area contributed by atoms with E-state index in [0.717, 1.165) is 0 Å². The van der Waals surface area contributed by atoms with Crippen molar-refractivity contribution in [1.29, 1.82) is 0 Å². The Labute approximate surface area is 59.5 Å². The molecule has 0 atom stereocenters. The molecule has 0 aromatic rings. The summed E-state index contributed by atoms with van der Waals surface area (Å²) in [7, 11) is 0. The molecule has 2 N–H and O–H groups in total. The van der Waals surface area contributed by atoms with Gasteiger partial charge in [-0.05, 0) is 13.8 Å². The zero-order chi connectivity index (χ0) is 4.50. The quantitative estimate of drug-likeness (QED) is 0.304. The third kappa shape index (κ3) is 89.3. The van der Waals surface area contributed by atoms with Crippen molar-refractivity contribution < 1.29 is 10.2 Å². The Hall–Kier alpha value is 0.920. The van der Waals surface area contributed by atoms with E-state index in [1.54, 1.807) is 0 Å². The average molecular weight is 100 g/mol. The molecule has 2 nitrogen and oxygen atoms in total. The second-order valence-corrected chi connectivity index (χ2v) is 1.49. The molecule has 0 aliphatic carbocycles. The Morgan fingerprint density at radius 1 is 1.17 bits per heavy atom. The second kappa shape index (κ2) is 2.99. The minimum atomic E-state index is -1.50. The normalized spacial score (nSPS) is 10.0. The van der Waals surface area contributed by atoms with Crippen LogP contribution in [0.2, 0.25) is 0 Å². The van der Waals surface area contributed by atoms with E-state index in [9.17, 15) is 0 Å². The summed E-state index contributed by atoms with van der Waals surface area (Å²) in [4.78, 5) is 0. The van der Waals surface area contributed by atoms with E-state index in [-0.39, 0.29) is 29.6 Å². The molecule has 0 rings (SSSR count). The van der Waals surface area contributed by atoms with Crippen molar-refractivity contribution in [2.24, 2.45) is 0 Å². The van der Waals surface area contributed by atoms with E-state index >= 15 is 0 Å². The molecular formula is C3H9NaO2. The predicted octanol–water partition coefficient (Wildman–Crippen LogP) is -0.941. The van der Waals surface area contributed by atoms with E-state index in [4.69, 9.17) is 10.2 Å². The molecule has 0 fully saturated rings. The van der Waals surface area contributed by atoms with Gasteiger partial charge >= 0.3 is 29.6 Å². The van der Waals surface area contributed by atoms with E-state index in [2.05, 4.69) is 0 Å². The van der Waals surface area contributed by atoms with E-state index < -0.39 is 5.79 Å². The van der Waals surface area contributed by atoms with Crippen LogP contribution in [0.25, 0.3) is 0 Å². The van der Waals surface area contributed by atoms with Crippen molar-refractivity contribution in [1.82, 2.24) is 0 Å². The van der Waals surface area contributed by atoms with Gasteiger partial charge in [-0.25, -0.2) is 0 Å².